The maximum atomic E-state index is 11.7. The highest BCUT2D eigenvalue weighted by molar-refractivity contribution is 5.84. The Kier molecular flexibility index (Phi) is 4.14. The van der Waals surface area contributed by atoms with Gasteiger partial charge in [0.05, 0.1) is 12.8 Å². The minimum atomic E-state index is -0.396. The first-order valence-corrected chi connectivity index (χ1v) is 5.24. The Morgan fingerprint density at radius 2 is 2.18 bits per heavy atom. The summed E-state index contributed by atoms with van der Waals surface area (Å²) in [4.78, 5) is 17.3. The predicted molar refractivity (Wildman–Crippen MR) is 67.0 cm³/mol. The normalized spacial score (nSPS) is 11.8. The van der Waals surface area contributed by atoms with Crippen LogP contribution in [-0.4, -0.2) is 43.0 Å². The fraction of sp³-hybridized carbons (Fsp3) is 0.455. The molecule has 0 aliphatic rings. The van der Waals surface area contributed by atoms with Crippen molar-refractivity contribution in [2.45, 2.75) is 13.0 Å². The molecule has 94 valence electrons. The number of methoxy groups -OCH3 is 1. The second-order valence-electron chi connectivity index (χ2n) is 3.89. The topological polar surface area (TPSA) is 80.5 Å². The Balaban J connectivity index is 2.83. The van der Waals surface area contributed by atoms with E-state index in [4.69, 9.17) is 10.5 Å². The molecule has 0 aliphatic heterocycles. The molecule has 1 aromatic rings. The highest BCUT2D eigenvalue weighted by Crippen LogP contribution is 2.20. The second kappa shape index (κ2) is 5.38. The Labute approximate surface area is 101 Å². The number of carbonyl (C=O) groups is 1. The van der Waals surface area contributed by atoms with Crippen LogP contribution in [0.3, 0.4) is 0 Å². The molecule has 3 N–H and O–H groups in total. The van der Waals surface area contributed by atoms with Crippen molar-refractivity contribution in [2.24, 2.45) is 0 Å². The van der Waals surface area contributed by atoms with Gasteiger partial charge in [-0.15, -0.1) is 0 Å². The minimum Gasteiger partial charge on any atom is -0.481 e. The summed E-state index contributed by atoms with van der Waals surface area (Å²) in [5, 5.41) is 2.96. The molecule has 1 atom stereocenters. The standard InChI is InChI=1S/C11H18N4O2/c1-7(11(16)15(2)3)13-10-8(12)5-6-9(14-10)17-4/h5-7H,12H2,1-4H3,(H,13,14). The van der Waals surface area contributed by atoms with E-state index in [0.29, 0.717) is 17.4 Å². The van der Waals surface area contributed by atoms with Crippen molar-refractivity contribution in [3.05, 3.63) is 12.1 Å². The van der Waals surface area contributed by atoms with E-state index >= 15 is 0 Å². The molecule has 0 aliphatic carbocycles. The maximum absolute atomic E-state index is 11.7. The van der Waals surface area contributed by atoms with Gasteiger partial charge in [0.2, 0.25) is 11.8 Å². The molecule has 0 bridgehead atoms. The maximum Gasteiger partial charge on any atom is 0.244 e. The van der Waals surface area contributed by atoms with E-state index in [0.717, 1.165) is 0 Å². The number of nitrogens with two attached hydrogens (primary N) is 1. The van der Waals surface area contributed by atoms with Crippen LogP contribution < -0.4 is 15.8 Å². The molecular weight excluding hydrogens is 220 g/mol. The molecular formula is C11H18N4O2. The molecule has 0 aromatic carbocycles. The Hall–Kier alpha value is -1.98. The number of nitrogens with zero attached hydrogens (tertiary/aromatic N) is 2. The van der Waals surface area contributed by atoms with Crippen molar-refractivity contribution in [1.29, 1.82) is 0 Å². The summed E-state index contributed by atoms with van der Waals surface area (Å²) in [5.74, 6) is 0.854. The summed E-state index contributed by atoms with van der Waals surface area (Å²) in [5.41, 5.74) is 6.24. The van der Waals surface area contributed by atoms with E-state index < -0.39 is 6.04 Å². The minimum absolute atomic E-state index is 0.0472. The van der Waals surface area contributed by atoms with Crippen LogP contribution in [0.15, 0.2) is 12.1 Å². The van der Waals surface area contributed by atoms with Crippen LogP contribution in [0.4, 0.5) is 11.5 Å². The monoisotopic (exact) mass is 238 g/mol. The number of likely N-dealkylation sites (N-methyl/N-ethyl adjacent to an activating group) is 1. The number of aromatic nitrogens is 1. The van der Waals surface area contributed by atoms with Crippen molar-refractivity contribution in [2.75, 3.05) is 32.3 Å². The molecule has 17 heavy (non-hydrogen) atoms. The van der Waals surface area contributed by atoms with Gasteiger partial charge in [0.25, 0.3) is 0 Å². The van der Waals surface area contributed by atoms with E-state index in [1.807, 2.05) is 0 Å². The Bertz CT molecular complexity index is 406. The zero-order chi connectivity index (χ0) is 13.0. The molecule has 6 heteroatoms. The summed E-state index contributed by atoms with van der Waals surface area (Å²) < 4.78 is 5.00. The van der Waals surface area contributed by atoms with Gasteiger partial charge in [-0.2, -0.15) is 4.98 Å². The van der Waals surface area contributed by atoms with E-state index in [9.17, 15) is 4.79 Å². The van der Waals surface area contributed by atoms with Crippen molar-refractivity contribution in [3.63, 3.8) is 0 Å². The summed E-state index contributed by atoms with van der Waals surface area (Å²) in [6, 6.07) is 2.95. The highest BCUT2D eigenvalue weighted by atomic mass is 16.5. The van der Waals surface area contributed by atoms with Gasteiger partial charge in [0.1, 0.15) is 6.04 Å². The number of hydrogen-bond acceptors (Lipinski definition) is 5. The summed E-state index contributed by atoms with van der Waals surface area (Å²) in [7, 11) is 4.92. The number of anilines is 2. The van der Waals surface area contributed by atoms with Crippen molar-refractivity contribution < 1.29 is 9.53 Å². The van der Waals surface area contributed by atoms with Gasteiger partial charge < -0.3 is 20.7 Å². The lowest BCUT2D eigenvalue weighted by molar-refractivity contribution is -0.129. The third kappa shape index (κ3) is 3.24. The van der Waals surface area contributed by atoms with Crippen molar-refractivity contribution in [3.8, 4) is 5.88 Å². The van der Waals surface area contributed by atoms with Crippen LogP contribution in [0.25, 0.3) is 0 Å². The van der Waals surface area contributed by atoms with Gasteiger partial charge in [-0.1, -0.05) is 0 Å². The quantitative estimate of drug-likeness (QED) is 0.801. The van der Waals surface area contributed by atoms with Gasteiger partial charge >= 0.3 is 0 Å². The van der Waals surface area contributed by atoms with Crippen LogP contribution in [-0.2, 0) is 4.79 Å². The third-order valence-corrected chi connectivity index (χ3v) is 2.27. The van der Waals surface area contributed by atoms with Crippen LogP contribution >= 0.6 is 0 Å². The van der Waals surface area contributed by atoms with Crippen LogP contribution in [0.2, 0.25) is 0 Å². The smallest absolute Gasteiger partial charge is 0.244 e. The number of carbonyl (C=O) groups excluding carboxylic acids is 1. The SMILES string of the molecule is COc1ccc(N)c(NC(C)C(=O)N(C)C)n1. The lowest BCUT2D eigenvalue weighted by atomic mass is 10.3. The number of pyridine rings is 1. The number of nitrogens with one attached hydrogen (secondary N) is 1. The molecule has 1 aromatic heterocycles. The Morgan fingerprint density at radius 1 is 1.53 bits per heavy atom. The lowest BCUT2D eigenvalue weighted by Gasteiger charge is -2.19. The molecule has 1 unspecified atom stereocenters. The average molecular weight is 238 g/mol. The van der Waals surface area contributed by atoms with E-state index in [1.165, 1.54) is 12.0 Å². The summed E-state index contributed by atoms with van der Waals surface area (Å²) in [6.45, 7) is 1.75. The molecule has 0 saturated carbocycles. The molecule has 1 heterocycles. The highest BCUT2D eigenvalue weighted by Gasteiger charge is 2.16. The molecule has 0 spiro atoms. The second-order valence-corrected chi connectivity index (χ2v) is 3.89. The van der Waals surface area contributed by atoms with Crippen LogP contribution in [0.5, 0.6) is 5.88 Å². The van der Waals surface area contributed by atoms with E-state index in [1.54, 1.807) is 33.2 Å². The molecule has 1 amide bonds. The summed E-state index contributed by atoms with van der Waals surface area (Å²) in [6.07, 6.45) is 0. The Morgan fingerprint density at radius 3 is 2.71 bits per heavy atom. The first-order valence-electron chi connectivity index (χ1n) is 5.24. The van der Waals surface area contributed by atoms with Gasteiger partial charge in [-0.3, -0.25) is 4.79 Å². The first kappa shape index (κ1) is 13.1. The molecule has 6 nitrogen and oxygen atoms in total. The number of hydrogen-bond donors (Lipinski definition) is 2. The first-order chi connectivity index (χ1) is 7.95. The fourth-order valence-electron chi connectivity index (χ4n) is 1.34. The van der Waals surface area contributed by atoms with Gasteiger partial charge in [-0.05, 0) is 13.0 Å². The number of rotatable bonds is 4. The molecule has 0 fully saturated rings. The number of ether oxygens (including phenoxy) is 1. The fourth-order valence-corrected chi connectivity index (χ4v) is 1.34. The van der Waals surface area contributed by atoms with Gasteiger partial charge in [0, 0.05) is 20.2 Å². The van der Waals surface area contributed by atoms with Crippen molar-refractivity contribution in [1.82, 2.24) is 9.88 Å². The zero-order valence-electron chi connectivity index (χ0n) is 10.5. The average Bonchev–Trinajstić information content (AvgIpc) is 2.30. The predicted octanol–water partition coefficient (Wildman–Crippen LogP) is 0.561. The van der Waals surface area contributed by atoms with Crippen molar-refractivity contribution >= 4 is 17.4 Å². The largest absolute Gasteiger partial charge is 0.481 e. The number of nitrogen functional groups attached to an aromatic ring is 1. The molecule has 0 saturated heterocycles. The number of amides is 1. The molecule has 0 radical (unpaired) electrons. The van der Waals surface area contributed by atoms with Crippen LogP contribution in [0, 0.1) is 0 Å². The van der Waals surface area contributed by atoms with Crippen LogP contribution in [0.1, 0.15) is 6.92 Å². The zero-order valence-corrected chi connectivity index (χ0v) is 10.5. The van der Waals surface area contributed by atoms with E-state index in [-0.39, 0.29) is 5.91 Å². The van der Waals surface area contributed by atoms with Gasteiger partial charge in [-0.25, -0.2) is 0 Å². The van der Waals surface area contributed by atoms with E-state index in [2.05, 4.69) is 10.3 Å². The lowest BCUT2D eigenvalue weighted by Crippen LogP contribution is -2.37. The van der Waals surface area contributed by atoms with Gasteiger partial charge in [0.15, 0.2) is 5.82 Å². The third-order valence-electron chi connectivity index (χ3n) is 2.27. The molecule has 1 rings (SSSR count). The summed E-state index contributed by atoms with van der Waals surface area (Å²) >= 11 is 0.